The van der Waals surface area contributed by atoms with Crippen molar-refractivity contribution in [3.05, 3.63) is 102 Å². The molecular weight excluding hydrogens is 452 g/mol. The number of methoxy groups -OCH3 is 2. The van der Waals surface area contributed by atoms with E-state index in [0.717, 1.165) is 28.1 Å². The smallest absolute Gasteiger partial charge is 0.213 e. The first kappa shape index (κ1) is 24.8. The summed E-state index contributed by atoms with van der Waals surface area (Å²) in [6, 6.07) is 29.2. The molecule has 0 unspecified atom stereocenters. The lowest BCUT2D eigenvalue weighted by atomic mass is 10.0. The highest BCUT2D eigenvalue weighted by Gasteiger charge is 2.08. The molecular formula is C30H30N2O4. The second kappa shape index (κ2) is 12.4. The van der Waals surface area contributed by atoms with Gasteiger partial charge in [-0.15, -0.1) is 0 Å². The molecule has 6 nitrogen and oxygen atoms in total. The Morgan fingerprint density at radius 3 is 2.42 bits per heavy atom. The predicted molar refractivity (Wildman–Crippen MR) is 142 cm³/mol. The molecule has 1 heterocycles. The second-order valence-electron chi connectivity index (χ2n) is 8.28. The van der Waals surface area contributed by atoms with Gasteiger partial charge >= 0.3 is 0 Å². The molecule has 4 rings (SSSR count). The molecule has 0 aliphatic rings. The molecule has 0 radical (unpaired) electrons. The first-order chi connectivity index (χ1) is 17.6. The Morgan fingerprint density at radius 2 is 1.61 bits per heavy atom. The minimum Gasteiger partial charge on any atom is -0.493 e. The van der Waals surface area contributed by atoms with Crippen molar-refractivity contribution in [3.8, 4) is 28.6 Å². The van der Waals surface area contributed by atoms with Gasteiger partial charge in [-0.25, -0.2) is 4.98 Å². The average molecular weight is 483 g/mol. The van der Waals surface area contributed by atoms with Crippen LogP contribution >= 0.6 is 0 Å². The number of carbonyl (C=O) groups excluding carboxylic acids is 1. The van der Waals surface area contributed by atoms with Crippen LogP contribution in [0.15, 0.2) is 91.0 Å². The quantitative estimate of drug-likeness (QED) is 0.283. The summed E-state index contributed by atoms with van der Waals surface area (Å²) in [4.78, 5) is 17.2. The van der Waals surface area contributed by atoms with Crippen LogP contribution in [0.4, 0.5) is 5.69 Å². The maximum Gasteiger partial charge on any atom is 0.213 e. The number of Topliss-reactive ketones (excluding diaryl/α,β-unsaturated/α-hetero) is 1. The summed E-state index contributed by atoms with van der Waals surface area (Å²) in [7, 11) is 3.25. The van der Waals surface area contributed by atoms with E-state index in [4.69, 9.17) is 14.2 Å². The molecule has 0 saturated carbocycles. The van der Waals surface area contributed by atoms with Crippen molar-refractivity contribution in [2.24, 2.45) is 0 Å². The molecule has 0 aliphatic carbocycles. The molecule has 4 aromatic rings. The lowest BCUT2D eigenvalue weighted by Gasteiger charge is -2.11. The monoisotopic (exact) mass is 482 g/mol. The van der Waals surface area contributed by atoms with Crippen LogP contribution in [0.2, 0.25) is 0 Å². The van der Waals surface area contributed by atoms with Gasteiger partial charge in [-0.2, -0.15) is 0 Å². The summed E-state index contributed by atoms with van der Waals surface area (Å²) < 4.78 is 16.6. The van der Waals surface area contributed by atoms with Crippen LogP contribution in [0.3, 0.4) is 0 Å². The predicted octanol–water partition coefficient (Wildman–Crippen LogP) is 5.61. The lowest BCUT2D eigenvalue weighted by Crippen LogP contribution is -2.15. The Hall–Kier alpha value is -4.32. The highest BCUT2D eigenvalue weighted by atomic mass is 16.5. The molecule has 36 heavy (non-hydrogen) atoms. The van der Waals surface area contributed by atoms with Crippen LogP contribution in [-0.2, 0) is 17.6 Å². The third kappa shape index (κ3) is 6.85. The van der Waals surface area contributed by atoms with E-state index < -0.39 is 0 Å². The Bertz CT molecular complexity index is 1290. The molecule has 0 atom stereocenters. The number of nitrogens with one attached hydrogen (secondary N) is 1. The Morgan fingerprint density at radius 1 is 0.806 bits per heavy atom. The molecule has 0 aliphatic heterocycles. The van der Waals surface area contributed by atoms with Crippen LogP contribution in [-0.4, -0.2) is 38.1 Å². The van der Waals surface area contributed by atoms with E-state index in [1.807, 2.05) is 91.0 Å². The van der Waals surface area contributed by atoms with E-state index in [1.165, 1.54) is 0 Å². The maximum atomic E-state index is 12.5. The third-order valence-corrected chi connectivity index (χ3v) is 5.70. The van der Waals surface area contributed by atoms with E-state index in [1.54, 1.807) is 14.2 Å². The Labute approximate surface area is 211 Å². The van der Waals surface area contributed by atoms with Crippen molar-refractivity contribution in [2.75, 3.05) is 32.7 Å². The van der Waals surface area contributed by atoms with E-state index >= 15 is 0 Å². The third-order valence-electron chi connectivity index (χ3n) is 5.70. The molecule has 0 bridgehead atoms. The van der Waals surface area contributed by atoms with Gasteiger partial charge in [0.15, 0.2) is 17.3 Å². The van der Waals surface area contributed by atoms with Gasteiger partial charge in [0.1, 0.15) is 0 Å². The average Bonchev–Trinajstić information content (AvgIpc) is 2.92. The van der Waals surface area contributed by atoms with Crippen molar-refractivity contribution in [1.29, 1.82) is 0 Å². The van der Waals surface area contributed by atoms with Gasteiger partial charge < -0.3 is 19.5 Å². The minimum atomic E-state index is 0.121. The minimum absolute atomic E-state index is 0.121. The first-order valence-electron chi connectivity index (χ1n) is 11.9. The SMILES string of the molecule is COc1ccc(CCOc2cccc(-c3cccc(CC(=O)CNc4ccccc4)c3)n2)cc1OC. The Kier molecular flexibility index (Phi) is 8.54. The van der Waals surface area contributed by atoms with Crippen molar-refractivity contribution < 1.29 is 19.0 Å². The normalized spacial score (nSPS) is 10.5. The van der Waals surface area contributed by atoms with E-state index in [-0.39, 0.29) is 12.3 Å². The van der Waals surface area contributed by atoms with Gasteiger partial charge in [0, 0.05) is 30.2 Å². The number of hydrogen-bond donors (Lipinski definition) is 1. The fourth-order valence-corrected chi connectivity index (χ4v) is 3.85. The number of benzene rings is 3. The zero-order valence-electron chi connectivity index (χ0n) is 20.6. The molecule has 0 amide bonds. The fraction of sp³-hybridized carbons (Fsp3) is 0.200. The van der Waals surface area contributed by atoms with Crippen molar-refractivity contribution in [1.82, 2.24) is 4.98 Å². The fourth-order valence-electron chi connectivity index (χ4n) is 3.85. The van der Waals surface area contributed by atoms with E-state index in [9.17, 15) is 4.79 Å². The molecule has 0 saturated heterocycles. The van der Waals surface area contributed by atoms with Crippen LogP contribution in [0, 0.1) is 0 Å². The molecule has 0 fully saturated rings. The van der Waals surface area contributed by atoms with E-state index in [0.29, 0.717) is 36.8 Å². The summed E-state index contributed by atoms with van der Waals surface area (Å²) in [6.07, 6.45) is 1.07. The molecule has 3 aromatic carbocycles. The number of carbonyl (C=O) groups is 1. The molecule has 1 aromatic heterocycles. The molecule has 0 spiro atoms. The van der Waals surface area contributed by atoms with Gasteiger partial charge in [-0.05, 0) is 47.5 Å². The van der Waals surface area contributed by atoms with Crippen LogP contribution < -0.4 is 19.5 Å². The molecule has 184 valence electrons. The van der Waals surface area contributed by atoms with E-state index in [2.05, 4.69) is 10.3 Å². The largest absolute Gasteiger partial charge is 0.493 e. The van der Waals surface area contributed by atoms with Gasteiger partial charge in [0.25, 0.3) is 0 Å². The summed E-state index contributed by atoms with van der Waals surface area (Å²) >= 11 is 0. The van der Waals surface area contributed by atoms with Crippen LogP contribution in [0.1, 0.15) is 11.1 Å². The number of ketones is 1. The Balaban J connectivity index is 1.34. The summed E-state index contributed by atoms with van der Waals surface area (Å²) in [6.45, 7) is 0.769. The number of para-hydroxylation sites is 1. The van der Waals surface area contributed by atoms with Gasteiger partial charge in [-0.3, -0.25) is 4.79 Å². The van der Waals surface area contributed by atoms with Crippen molar-refractivity contribution >= 4 is 11.5 Å². The number of rotatable bonds is 12. The zero-order chi connectivity index (χ0) is 25.2. The second-order valence-corrected chi connectivity index (χ2v) is 8.28. The number of aromatic nitrogens is 1. The lowest BCUT2D eigenvalue weighted by molar-refractivity contribution is -0.116. The zero-order valence-corrected chi connectivity index (χ0v) is 20.6. The summed E-state index contributed by atoms with van der Waals surface area (Å²) in [5.41, 5.74) is 4.72. The summed E-state index contributed by atoms with van der Waals surface area (Å²) in [5.74, 6) is 2.08. The van der Waals surface area contributed by atoms with Crippen LogP contribution in [0.5, 0.6) is 17.4 Å². The van der Waals surface area contributed by atoms with Gasteiger partial charge in [0.2, 0.25) is 5.88 Å². The number of nitrogens with zero attached hydrogens (tertiary/aromatic N) is 1. The summed E-state index contributed by atoms with van der Waals surface area (Å²) in [5, 5.41) is 3.17. The number of ether oxygens (including phenoxy) is 3. The highest BCUT2D eigenvalue weighted by molar-refractivity contribution is 5.85. The number of hydrogen-bond acceptors (Lipinski definition) is 6. The number of anilines is 1. The standard InChI is InChI=1S/C30H30N2O4/c1-34-28-15-14-22(20-29(28)35-2)16-17-36-30-13-7-12-27(32-30)24-9-6-8-23(18-24)19-26(33)21-31-25-10-4-3-5-11-25/h3-15,18,20,31H,16-17,19,21H2,1-2H3. The molecule has 1 N–H and O–H groups in total. The topological polar surface area (TPSA) is 69.7 Å². The van der Waals surface area contributed by atoms with Crippen LogP contribution in [0.25, 0.3) is 11.3 Å². The van der Waals surface area contributed by atoms with Crippen molar-refractivity contribution in [2.45, 2.75) is 12.8 Å². The van der Waals surface area contributed by atoms with Gasteiger partial charge in [0.05, 0.1) is 33.1 Å². The number of pyridine rings is 1. The highest BCUT2D eigenvalue weighted by Crippen LogP contribution is 2.28. The van der Waals surface area contributed by atoms with Gasteiger partial charge in [-0.1, -0.05) is 48.5 Å². The first-order valence-corrected chi connectivity index (χ1v) is 11.9. The molecule has 6 heteroatoms. The maximum absolute atomic E-state index is 12.5. The van der Waals surface area contributed by atoms with Crippen molar-refractivity contribution in [3.63, 3.8) is 0 Å².